The Morgan fingerprint density at radius 1 is 1.00 bits per heavy atom. The van der Waals surface area contributed by atoms with Crippen molar-refractivity contribution in [2.45, 2.75) is 64.1 Å². The van der Waals surface area contributed by atoms with Gasteiger partial charge in [0.1, 0.15) is 17.2 Å². The lowest BCUT2D eigenvalue weighted by molar-refractivity contribution is 0.0471. The summed E-state index contributed by atoms with van der Waals surface area (Å²) in [5.41, 5.74) is 1.87. The van der Waals surface area contributed by atoms with Crippen LogP contribution in [-0.4, -0.2) is 45.9 Å². The third kappa shape index (κ3) is 5.41. The molecule has 0 unspecified atom stereocenters. The van der Waals surface area contributed by atoms with Gasteiger partial charge in [0.05, 0.1) is 6.54 Å². The summed E-state index contributed by atoms with van der Waals surface area (Å²) in [6.45, 7) is 5.07. The van der Waals surface area contributed by atoms with E-state index in [1.165, 1.54) is 5.56 Å². The van der Waals surface area contributed by atoms with E-state index >= 15 is 0 Å². The van der Waals surface area contributed by atoms with E-state index in [0.29, 0.717) is 17.7 Å². The first kappa shape index (κ1) is 22.9. The number of likely N-dealkylation sites (tertiary alicyclic amines) is 1. The number of hydrogen-bond donors (Lipinski definition) is 0. The zero-order chi connectivity index (χ0) is 23.3. The molecule has 1 aromatic carbocycles. The Bertz CT molecular complexity index is 1050. The van der Waals surface area contributed by atoms with Gasteiger partial charge in [0.15, 0.2) is 0 Å². The van der Waals surface area contributed by atoms with Gasteiger partial charge in [0.2, 0.25) is 0 Å². The summed E-state index contributed by atoms with van der Waals surface area (Å²) < 4.78 is 5.95. The van der Waals surface area contributed by atoms with Gasteiger partial charge in [-0.05, 0) is 80.9 Å². The first-order chi connectivity index (χ1) is 16.7. The fourth-order valence-corrected chi connectivity index (χ4v) is 5.32. The van der Waals surface area contributed by atoms with Crippen LogP contribution in [0.2, 0.25) is 0 Å². The van der Waals surface area contributed by atoms with Gasteiger partial charge in [-0.1, -0.05) is 43.3 Å². The second kappa shape index (κ2) is 10.6. The third-order valence-electron chi connectivity index (χ3n) is 7.33. The SMILES string of the molecule is CCc1ccc(CN2CCC([C@@H](Cc3ccccc3)N(C(=O)c3ccccn3)C3CC3)CC2)o1. The average molecular weight is 458 g/mol. The molecular formula is C29H35N3O2. The van der Waals surface area contributed by atoms with Crippen molar-refractivity contribution >= 4 is 5.91 Å². The van der Waals surface area contributed by atoms with Crippen molar-refractivity contribution in [1.29, 1.82) is 0 Å². The maximum absolute atomic E-state index is 13.7. The Morgan fingerprint density at radius 3 is 2.38 bits per heavy atom. The summed E-state index contributed by atoms with van der Waals surface area (Å²) in [7, 11) is 0. The molecule has 178 valence electrons. The molecule has 0 N–H and O–H groups in total. The number of furan rings is 1. The summed E-state index contributed by atoms with van der Waals surface area (Å²) in [5.74, 6) is 2.68. The smallest absolute Gasteiger partial charge is 0.272 e. The molecule has 3 heterocycles. The Labute approximate surface area is 202 Å². The molecule has 3 aromatic rings. The molecule has 1 aliphatic carbocycles. The van der Waals surface area contributed by atoms with Crippen LogP contribution < -0.4 is 0 Å². The minimum Gasteiger partial charge on any atom is -0.465 e. The van der Waals surface area contributed by atoms with E-state index in [9.17, 15) is 4.79 Å². The van der Waals surface area contributed by atoms with Crippen LogP contribution >= 0.6 is 0 Å². The van der Waals surface area contributed by atoms with E-state index in [1.807, 2.05) is 18.2 Å². The number of pyridine rings is 1. The van der Waals surface area contributed by atoms with E-state index in [2.05, 4.69) is 64.2 Å². The lowest BCUT2D eigenvalue weighted by Gasteiger charge is -2.41. The van der Waals surface area contributed by atoms with Crippen LogP contribution in [0.4, 0.5) is 0 Å². The Hall–Kier alpha value is -2.92. The van der Waals surface area contributed by atoms with Crippen molar-refractivity contribution in [2.75, 3.05) is 13.1 Å². The first-order valence-corrected chi connectivity index (χ1v) is 12.8. The minimum absolute atomic E-state index is 0.0918. The van der Waals surface area contributed by atoms with Gasteiger partial charge in [-0.2, -0.15) is 0 Å². The number of carbonyl (C=O) groups excluding carboxylic acids is 1. The van der Waals surface area contributed by atoms with Crippen molar-refractivity contribution in [3.05, 3.63) is 89.6 Å². The summed E-state index contributed by atoms with van der Waals surface area (Å²) in [4.78, 5) is 22.8. The number of nitrogens with zero attached hydrogens (tertiary/aromatic N) is 3. The minimum atomic E-state index is 0.0918. The quantitative estimate of drug-likeness (QED) is 0.434. The van der Waals surface area contributed by atoms with Crippen LogP contribution in [0.25, 0.3) is 0 Å². The van der Waals surface area contributed by atoms with Crippen LogP contribution in [0.5, 0.6) is 0 Å². The largest absolute Gasteiger partial charge is 0.465 e. The fourth-order valence-electron chi connectivity index (χ4n) is 5.32. The fraction of sp³-hybridized carbons (Fsp3) is 0.448. The molecule has 0 bridgehead atoms. The van der Waals surface area contributed by atoms with Crippen LogP contribution in [0.3, 0.4) is 0 Å². The van der Waals surface area contributed by atoms with Crippen LogP contribution in [0.15, 0.2) is 71.3 Å². The lowest BCUT2D eigenvalue weighted by Crippen LogP contribution is -2.50. The molecule has 1 saturated carbocycles. The predicted molar refractivity (Wildman–Crippen MR) is 133 cm³/mol. The number of hydrogen-bond acceptors (Lipinski definition) is 4. The summed E-state index contributed by atoms with van der Waals surface area (Å²) in [5, 5.41) is 0. The molecule has 1 atom stereocenters. The van der Waals surface area contributed by atoms with Gasteiger partial charge in [0.25, 0.3) is 5.91 Å². The zero-order valence-electron chi connectivity index (χ0n) is 20.1. The summed E-state index contributed by atoms with van der Waals surface area (Å²) >= 11 is 0. The van der Waals surface area contributed by atoms with E-state index in [4.69, 9.17) is 4.42 Å². The zero-order valence-corrected chi connectivity index (χ0v) is 20.1. The standard InChI is InChI=1S/C29H35N3O2/c1-2-25-13-14-26(34-25)21-31-18-15-23(16-19-31)28(20-22-8-4-3-5-9-22)32(24-11-12-24)29(33)27-10-6-7-17-30-27/h3-10,13-14,17,23-24,28H,2,11-12,15-16,18-21H2,1H3/t28-/m1/s1. The number of amides is 1. The molecule has 0 spiro atoms. The molecule has 1 aliphatic heterocycles. The van der Waals surface area contributed by atoms with Gasteiger partial charge < -0.3 is 9.32 Å². The topological polar surface area (TPSA) is 49.6 Å². The number of benzene rings is 1. The Morgan fingerprint density at radius 2 is 1.74 bits per heavy atom. The normalized spacial score (nSPS) is 18.0. The number of piperidine rings is 1. The van der Waals surface area contributed by atoms with Gasteiger partial charge >= 0.3 is 0 Å². The van der Waals surface area contributed by atoms with Gasteiger partial charge in [-0.25, -0.2) is 0 Å². The summed E-state index contributed by atoms with van der Waals surface area (Å²) in [6.07, 6.45) is 7.95. The van der Waals surface area contributed by atoms with Crippen LogP contribution in [-0.2, 0) is 19.4 Å². The maximum Gasteiger partial charge on any atom is 0.272 e. The molecule has 5 nitrogen and oxygen atoms in total. The molecular weight excluding hydrogens is 422 g/mol. The Kier molecular flexibility index (Phi) is 7.10. The highest BCUT2D eigenvalue weighted by Gasteiger charge is 2.42. The van der Waals surface area contributed by atoms with Crippen molar-refractivity contribution < 1.29 is 9.21 Å². The highest BCUT2D eigenvalue weighted by atomic mass is 16.3. The molecule has 2 fully saturated rings. The highest BCUT2D eigenvalue weighted by molar-refractivity contribution is 5.93. The maximum atomic E-state index is 13.7. The molecule has 1 saturated heterocycles. The molecule has 5 rings (SSSR count). The second-order valence-electron chi connectivity index (χ2n) is 9.75. The monoisotopic (exact) mass is 457 g/mol. The first-order valence-electron chi connectivity index (χ1n) is 12.8. The lowest BCUT2D eigenvalue weighted by atomic mass is 9.84. The number of carbonyl (C=O) groups is 1. The molecule has 1 amide bonds. The second-order valence-corrected chi connectivity index (χ2v) is 9.75. The molecule has 2 aromatic heterocycles. The third-order valence-corrected chi connectivity index (χ3v) is 7.33. The predicted octanol–water partition coefficient (Wildman–Crippen LogP) is 5.37. The van der Waals surface area contributed by atoms with E-state index < -0.39 is 0 Å². The van der Waals surface area contributed by atoms with Gasteiger partial charge in [-0.3, -0.25) is 14.7 Å². The number of aromatic nitrogens is 1. The van der Waals surface area contributed by atoms with Gasteiger partial charge in [-0.15, -0.1) is 0 Å². The number of rotatable bonds is 9. The Balaban J connectivity index is 1.33. The molecule has 0 radical (unpaired) electrons. The average Bonchev–Trinajstić information content (AvgIpc) is 3.62. The van der Waals surface area contributed by atoms with Crippen molar-refractivity contribution in [1.82, 2.24) is 14.8 Å². The van der Waals surface area contributed by atoms with Crippen LogP contribution in [0.1, 0.15) is 60.2 Å². The molecule has 34 heavy (non-hydrogen) atoms. The molecule has 5 heteroatoms. The van der Waals surface area contributed by atoms with E-state index in [0.717, 1.165) is 69.7 Å². The summed E-state index contributed by atoms with van der Waals surface area (Å²) in [6, 6.07) is 21.0. The van der Waals surface area contributed by atoms with E-state index in [-0.39, 0.29) is 11.9 Å². The van der Waals surface area contributed by atoms with E-state index in [1.54, 1.807) is 6.20 Å². The van der Waals surface area contributed by atoms with Crippen molar-refractivity contribution in [3.63, 3.8) is 0 Å². The van der Waals surface area contributed by atoms with Crippen LogP contribution in [0, 0.1) is 5.92 Å². The van der Waals surface area contributed by atoms with Crippen molar-refractivity contribution in [3.8, 4) is 0 Å². The number of aryl methyl sites for hydroxylation is 1. The highest BCUT2D eigenvalue weighted by Crippen LogP contribution is 2.36. The van der Waals surface area contributed by atoms with Crippen molar-refractivity contribution in [2.24, 2.45) is 5.92 Å². The van der Waals surface area contributed by atoms with Gasteiger partial charge in [0, 0.05) is 24.7 Å². The molecule has 2 aliphatic rings.